The second-order valence-corrected chi connectivity index (χ2v) is 5.35. The van der Waals surface area contributed by atoms with Gasteiger partial charge in [-0.15, -0.1) is 0 Å². The Balaban J connectivity index is 1.90. The SMILES string of the molecule is CCCn1nccc1-c1nccnc1C[C@@H]1CCNC1. The normalized spacial score (nSPS) is 18.6. The minimum Gasteiger partial charge on any atom is -0.316 e. The molecule has 1 atom stereocenters. The average molecular weight is 271 g/mol. The Morgan fingerprint density at radius 2 is 2.20 bits per heavy atom. The van der Waals surface area contributed by atoms with E-state index in [9.17, 15) is 0 Å². The van der Waals surface area contributed by atoms with Crippen molar-refractivity contribution in [3.05, 3.63) is 30.4 Å². The smallest absolute Gasteiger partial charge is 0.110 e. The van der Waals surface area contributed by atoms with Crippen LogP contribution < -0.4 is 5.32 Å². The van der Waals surface area contributed by atoms with Crippen molar-refractivity contribution in [2.24, 2.45) is 5.92 Å². The minimum absolute atomic E-state index is 0.674. The van der Waals surface area contributed by atoms with Gasteiger partial charge in [0, 0.05) is 25.1 Å². The highest BCUT2D eigenvalue weighted by atomic mass is 15.3. The lowest BCUT2D eigenvalue weighted by Gasteiger charge is -2.12. The summed E-state index contributed by atoms with van der Waals surface area (Å²) in [5.74, 6) is 0.674. The highest BCUT2D eigenvalue weighted by molar-refractivity contribution is 5.57. The molecule has 0 spiro atoms. The topological polar surface area (TPSA) is 55.6 Å². The van der Waals surface area contributed by atoms with Crippen molar-refractivity contribution in [1.82, 2.24) is 25.1 Å². The first-order chi connectivity index (χ1) is 9.88. The Morgan fingerprint density at radius 1 is 1.30 bits per heavy atom. The van der Waals surface area contributed by atoms with Gasteiger partial charge < -0.3 is 5.32 Å². The molecule has 0 bridgehead atoms. The van der Waals surface area contributed by atoms with E-state index in [2.05, 4.69) is 27.3 Å². The second kappa shape index (κ2) is 6.13. The van der Waals surface area contributed by atoms with Crippen LogP contribution in [0.25, 0.3) is 11.4 Å². The maximum atomic E-state index is 4.57. The van der Waals surface area contributed by atoms with Gasteiger partial charge in [0.1, 0.15) is 5.69 Å². The summed E-state index contributed by atoms with van der Waals surface area (Å²) in [7, 11) is 0. The first-order valence-corrected chi connectivity index (χ1v) is 7.41. The third-order valence-electron chi connectivity index (χ3n) is 3.81. The zero-order chi connectivity index (χ0) is 13.8. The van der Waals surface area contributed by atoms with Gasteiger partial charge >= 0.3 is 0 Å². The molecule has 106 valence electrons. The van der Waals surface area contributed by atoms with Crippen LogP contribution >= 0.6 is 0 Å². The predicted octanol–water partition coefficient (Wildman–Crippen LogP) is 1.90. The highest BCUT2D eigenvalue weighted by Crippen LogP contribution is 2.23. The molecule has 1 aliphatic rings. The van der Waals surface area contributed by atoms with Crippen LogP contribution in [-0.2, 0) is 13.0 Å². The van der Waals surface area contributed by atoms with Crippen LogP contribution in [0.5, 0.6) is 0 Å². The van der Waals surface area contributed by atoms with Crippen LogP contribution in [0.1, 0.15) is 25.5 Å². The fourth-order valence-corrected chi connectivity index (χ4v) is 2.82. The fraction of sp³-hybridized carbons (Fsp3) is 0.533. The van der Waals surface area contributed by atoms with Crippen molar-refractivity contribution in [1.29, 1.82) is 0 Å². The maximum absolute atomic E-state index is 4.57. The Kier molecular flexibility index (Phi) is 4.06. The predicted molar refractivity (Wildman–Crippen MR) is 78.2 cm³/mol. The molecule has 0 unspecified atom stereocenters. The van der Waals surface area contributed by atoms with E-state index >= 15 is 0 Å². The van der Waals surface area contributed by atoms with Crippen LogP contribution in [0, 0.1) is 5.92 Å². The number of nitrogens with one attached hydrogen (secondary N) is 1. The Labute approximate surface area is 119 Å². The Bertz CT molecular complexity index is 557. The van der Waals surface area contributed by atoms with Crippen molar-refractivity contribution >= 4 is 0 Å². The molecule has 2 aromatic rings. The van der Waals surface area contributed by atoms with Gasteiger partial charge in [0.05, 0.1) is 11.4 Å². The molecule has 20 heavy (non-hydrogen) atoms. The molecule has 3 heterocycles. The van der Waals surface area contributed by atoms with E-state index in [1.807, 2.05) is 16.9 Å². The van der Waals surface area contributed by atoms with Crippen LogP contribution in [0.3, 0.4) is 0 Å². The second-order valence-electron chi connectivity index (χ2n) is 5.35. The maximum Gasteiger partial charge on any atom is 0.110 e. The monoisotopic (exact) mass is 271 g/mol. The number of hydrogen-bond donors (Lipinski definition) is 1. The number of nitrogens with zero attached hydrogens (tertiary/aromatic N) is 4. The van der Waals surface area contributed by atoms with Crippen molar-refractivity contribution in [3.63, 3.8) is 0 Å². The summed E-state index contributed by atoms with van der Waals surface area (Å²) in [5.41, 5.74) is 3.17. The van der Waals surface area contributed by atoms with Gasteiger partial charge in [-0.2, -0.15) is 5.10 Å². The summed E-state index contributed by atoms with van der Waals surface area (Å²) in [6.07, 6.45) is 8.70. The van der Waals surface area contributed by atoms with E-state index < -0.39 is 0 Å². The molecule has 1 aliphatic heterocycles. The molecule has 1 N–H and O–H groups in total. The zero-order valence-corrected chi connectivity index (χ0v) is 11.9. The molecule has 0 aliphatic carbocycles. The molecule has 1 fully saturated rings. The van der Waals surface area contributed by atoms with Crippen LogP contribution in [0.4, 0.5) is 0 Å². The molecule has 5 heteroatoms. The van der Waals surface area contributed by atoms with E-state index in [-0.39, 0.29) is 0 Å². The van der Waals surface area contributed by atoms with Gasteiger partial charge in [0.15, 0.2) is 0 Å². The van der Waals surface area contributed by atoms with Crippen molar-refractivity contribution < 1.29 is 0 Å². The molecular weight excluding hydrogens is 250 g/mol. The molecule has 0 radical (unpaired) electrons. The van der Waals surface area contributed by atoms with Crippen LogP contribution in [0.2, 0.25) is 0 Å². The first kappa shape index (κ1) is 13.2. The van der Waals surface area contributed by atoms with E-state index in [0.717, 1.165) is 49.6 Å². The van der Waals surface area contributed by atoms with E-state index in [4.69, 9.17) is 0 Å². The summed E-state index contributed by atoms with van der Waals surface area (Å²) >= 11 is 0. The highest BCUT2D eigenvalue weighted by Gasteiger charge is 2.19. The molecule has 2 aromatic heterocycles. The number of aryl methyl sites for hydroxylation is 1. The Morgan fingerprint density at radius 3 is 3.00 bits per heavy atom. The standard InChI is InChI=1S/C15H21N5/c1-2-9-20-14(4-6-19-20)15-13(17-7-8-18-15)10-12-3-5-16-11-12/h4,6-8,12,16H,2-3,5,9-11H2,1H3/t12-/m0/s1. The summed E-state index contributed by atoms with van der Waals surface area (Å²) < 4.78 is 2.03. The Hall–Kier alpha value is -1.75. The summed E-state index contributed by atoms with van der Waals surface area (Å²) in [6, 6.07) is 2.04. The lowest BCUT2D eigenvalue weighted by atomic mass is 10.0. The van der Waals surface area contributed by atoms with Gasteiger partial charge in [0.25, 0.3) is 0 Å². The van der Waals surface area contributed by atoms with Crippen molar-refractivity contribution in [2.75, 3.05) is 13.1 Å². The van der Waals surface area contributed by atoms with Crippen molar-refractivity contribution in [3.8, 4) is 11.4 Å². The molecule has 1 saturated heterocycles. The summed E-state index contributed by atoms with van der Waals surface area (Å²) in [4.78, 5) is 9.13. The van der Waals surface area contributed by atoms with Gasteiger partial charge in [-0.1, -0.05) is 6.92 Å². The average Bonchev–Trinajstić information content (AvgIpc) is 3.12. The van der Waals surface area contributed by atoms with E-state index in [1.54, 1.807) is 12.4 Å². The minimum atomic E-state index is 0.674. The van der Waals surface area contributed by atoms with E-state index in [1.165, 1.54) is 6.42 Å². The van der Waals surface area contributed by atoms with Crippen LogP contribution in [0.15, 0.2) is 24.7 Å². The fourth-order valence-electron chi connectivity index (χ4n) is 2.82. The first-order valence-electron chi connectivity index (χ1n) is 7.41. The van der Waals surface area contributed by atoms with Gasteiger partial charge in [-0.3, -0.25) is 14.6 Å². The molecule has 0 aromatic carbocycles. The van der Waals surface area contributed by atoms with Gasteiger partial charge in [0.2, 0.25) is 0 Å². The molecule has 5 nitrogen and oxygen atoms in total. The lowest BCUT2D eigenvalue weighted by molar-refractivity contribution is 0.568. The van der Waals surface area contributed by atoms with Crippen molar-refractivity contribution in [2.45, 2.75) is 32.7 Å². The number of aromatic nitrogens is 4. The largest absolute Gasteiger partial charge is 0.316 e. The lowest BCUT2D eigenvalue weighted by Crippen LogP contribution is -2.13. The molecule has 3 rings (SSSR count). The van der Waals surface area contributed by atoms with Gasteiger partial charge in [-0.05, 0) is 44.3 Å². The van der Waals surface area contributed by atoms with Gasteiger partial charge in [-0.25, -0.2) is 0 Å². The quantitative estimate of drug-likeness (QED) is 0.902. The summed E-state index contributed by atoms with van der Waals surface area (Å²) in [5, 5.41) is 7.80. The zero-order valence-electron chi connectivity index (χ0n) is 11.9. The number of rotatable bonds is 5. The van der Waals surface area contributed by atoms with Crippen LogP contribution in [-0.4, -0.2) is 32.8 Å². The summed E-state index contributed by atoms with van der Waals surface area (Å²) in [6.45, 7) is 5.29. The molecule has 0 saturated carbocycles. The third kappa shape index (κ3) is 2.72. The molecule has 0 amide bonds. The molecular formula is C15H21N5. The van der Waals surface area contributed by atoms with E-state index in [0.29, 0.717) is 5.92 Å². The number of hydrogen-bond acceptors (Lipinski definition) is 4. The third-order valence-corrected chi connectivity index (χ3v) is 3.81.